The maximum Gasteiger partial charge on any atom is 0.469 e. The van der Waals surface area contributed by atoms with Crippen LogP contribution in [0.25, 0.3) is 0 Å². The van der Waals surface area contributed by atoms with Gasteiger partial charge in [-0.3, -0.25) is 14.1 Å². The van der Waals surface area contributed by atoms with Gasteiger partial charge in [-0.25, -0.2) is 4.57 Å². The first-order valence-electron chi connectivity index (χ1n) is 18.1. The molecule has 1 atom stereocenters. The van der Waals surface area contributed by atoms with Crippen molar-refractivity contribution in [3.63, 3.8) is 0 Å². The molecule has 0 rings (SSSR count). The Kier molecular flexibility index (Phi) is 32.0. The molecule has 9 heteroatoms. The molecular formula is C38H65O8P. The number of phosphoric ester groups is 1. The van der Waals surface area contributed by atoms with E-state index >= 15 is 0 Å². The van der Waals surface area contributed by atoms with Gasteiger partial charge in [0.05, 0.1) is 6.61 Å². The zero-order valence-corrected chi connectivity index (χ0v) is 30.3. The van der Waals surface area contributed by atoms with Gasteiger partial charge in [0.1, 0.15) is 6.61 Å². The van der Waals surface area contributed by atoms with E-state index in [2.05, 4.69) is 79.1 Å². The van der Waals surface area contributed by atoms with Crippen molar-refractivity contribution in [1.29, 1.82) is 0 Å². The summed E-state index contributed by atoms with van der Waals surface area (Å²) in [6.45, 7) is 3.53. The second-order valence-corrected chi connectivity index (χ2v) is 13.1. The quantitative estimate of drug-likeness (QED) is 0.0312. The SMILES string of the molecule is CCC/C=C/C/C=C/C/C=C/C/C=C/CCCCCC(=O)O[C@H](COC(=O)CCCCCCC/C=C/CCCCC)COP(=O)(O)O. The third-order valence-corrected chi connectivity index (χ3v) is 7.73. The van der Waals surface area contributed by atoms with Crippen molar-refractivity contribution in [1.82, 2.24) is 0 Å². The molecule has 47 heavy (non-hydrogen) atoms. The topological polar surface area (TPSA) is 119 Å². The van der Waals surface area contributed by atoms with Crippen molar-refractivity contribution in [2.75, 3.05) is 13.2 Å². The van der Waals surface area contributed by atoms with E-state index in [4.69, 9.17) is 19.3 Å². The Morgan fingerprint density at radius 1 is 0.553 bits per heavy atom. The lowest BCUT2D eigenvalue weighted by Crippen LogP contribution is -2.29. The minimum absolute atomic E-state index is 0.170. The summed E-state index contributed by atoms with van der Waals surface area (Å²) in [5, 5.41) is 0. The van der Waals surface area contributed by atoms with Gasteiger partial charge in [-0.05, 0) is 77.0 Å². The molecule has 0 aliphatic heterocycles. The lowest BCUT2D eigenvalue weighted by Gasteiger charge is -2.18. The number of esters is 2. The van der Waals surface area contributed by atoms with E-state index in [1.54, 1.807) is 0 Å². The Labute approximate surface area is 286 Å². The van der Waals surface area contributed by atoms with E-state index < -0.39 is 32.5 Å². The first kappa shape index (κ1) is 44.8. The third-order valence-electron chi connectivity index (χ3n) is 7.24. The van der Waals surface area contributed by atoms with Gasteiger partial charge in [0.2, 0.25) is 0 Å². The van der Waals surface area contributed by atoms with Crippen LogP contribution in [-0.4, -0.2) is 41.0 Å². The monoisotopic (exact) mass is 680 g/mol. The summed E-state index contributed by atoms with van der Waals surface area (Å²) in [6, 6.07) is 0. The molecular weight excluding hydrogens is 615 g/mol. The number of carbonyl (C=O) groups is 2. The highest BCUT2D eigenvalue weighted by atomic mass is 31.2. The van der Waals surface area contributed by atoms with Crippen LogP contribution in [0.15, 0.2) is 60.8 Å². The third kappa shape index (κ3) is 36.4. The van der Waals surface area contributed by atoms with Crippen LogP contribution in [0.2, 0.25) is 0 Å². The molecule has 0 aromatic rings. The largest absolute Gasteiger partial charge is 0.469 e. The summed E-state index contributed by atoms with van der Waals surface area (Å²) in [5.74, 6) is -0.939. The zero-order valence-electron chi connectivity index (χ0n) is 29.4. The van der Waals surface area contributed by atoms with Crippen molar-refractivity contribution in [2.24, 2.45) is 0 Å². The molecule has 0 aromatic carbocycles. The second-order valence-electron chi connectivity index (χ2n) is 11.8. The number of carbonyl (C=O) groups excluding carboxylic acids is 2. The maximum absolute atomic E-state index is 12.3. The molecule has 0 amide bonds. The molecule has 0 fully saturated rings. The predicted molar refractivity (Wildman–Crippen MR) is 193 cm³/mol. The minimum atomic E-state index is -4.76. The molecule has 0 aromatic heterocycles. The number of ether oxygens (including phenoxy) is 2. The fourth-order valence-electron chi connectivity index (χ4n) is 4.53. The van der Waals surface area contributed by atoms with Crippen molar-refractivity contribution >= 4 is 19.8 Å². The van der Waals surface area contributed by atoms with Crippen molar-refractivity contribution in [3.05, 3.63) is 60.8 Å². The van der Waals surface area contributed by atoms with Crippen LogP contribution in [0.5, 0.6) is 0 Å². The molecule has 2 N–H and O–H groups in total. The highest BCUT2D eigenvalue weighted by molar-refractivity contribution is 7.46. The highest BCUT2D eigenvalue weighted by Gasteiger charge is 2.22. The summed E-state index contributed by atoms with van der Waals surface area (Å²) in [4.78, 5) is 42.6. The van der Waals surface area contributed by atoms with Crippen LogP contribution < -0.4 is 0 Å². The first-order valence-corrected chi connectivity index (χ1v) is 19.6. The van der Waals surface area contributed by atoms with Crippen molar-refractivity contribution < 1.29 is 37.9 Å². The van der Waals surface area contributed by atoms with Gasteiger partial charge in [-0.15, -0.1) is 0 Å². The summed E-state index contributed by atoms with van der Waals surface area (Å²) < 4.78 is 26.2. The molecule has 0 saturated carbocycles. The van der Waals surface area contributed by atoms with Crippen LogP contribution in [0.3, 0.4) is 0 Å². The fraction of sp³-hybridized carbons (Fsp3) is 0.684. The van der Waals surface area contributed by atoms with Crippen LogP contribution in [0, 0.1) is 0 Å². The Morgan fingerprint density at radius 2 is 1.00 bits per heavy atom. The Bertz CT molecular complexity index is 947. The van der Waals surface area contributed by atoms with Gasteiger partial charge >= 0.3 is 19.8 Å². The number of rotatable bonds is 32. The Hall–Kier alpha value is -2.25. The van der Waals surface area contributed by atoms with Crippen LogP contribution in [-0.2, 0) is 28.2 Å². The summed E-state index contributed by atoms with van der Waals surface area (Å²) in [6.07, 6.45) is 40.8. The Balaban J connectivity index is 4.09. The van der Waals surface area contributed by atoms with E-state index in [0.717, 1.165) is 83.5 Å². The predicted octanol–water partition coefficient (Wildman–Crippen LogP) is 10.6. The van der Waals surface area contributed by atoms with Gasteiger partial charge in [0.25, 0.3) is 0 Å². The van der Waals surface area contributed by atoms with E-state index in [0.29, 0.717) is 12.8 Å². The minimum Gasteiger partial charge on any atom is -0.462 e. The summed E-state index contributed by atoms with van der Waals surface area (Å²) in [5.41, 5.74) is 0. The van der Waals surface area contributed by atoms with Gasteiger partial charge in [0.15, 0.2) is 6.10 Å². The lowest BCUT2D eigenvalue weighted by molar-refractivity contribution is -0.161. The molecule has 0 aliphatic carbocycles. The number of allylic oxidation sites excluding steroid dienone is 10. The number of hydrogen-bond donors (Lipinski definition) is 2. The summed E-state index contributed by atoms with van der Waals surface area (Å²) in [7, 11) is -4.76. The van der Waals surface area contributed by atoms with E-state index in [1.165, 1.54) is 25.7 Å². The fourth-order valence-corrected chi connectivity index (χ4v) is 4.89. The Morgan fingerprint density at radius 3 is 1.55 bits per heavy atom. The zero-order chi connectivity index (χ0) is 34.7. The lowest BCUT2D eigenvalue weighted by atomic mass is 10.1. The van der Waals surface area contributed by atoms with Gasteiger partial charge in [0, 0.05) is 12.8 Å². The number of hydrogen-bond acceptors (Lipinski definition) is 6. The molecule has 8 nitrogen and oxygen atoms in total. The molecule has 0 radical (unpaired) electrons. The molecule has 270 valence electrons. The van der Waals surface area contributed by atoms with Crippen molar-refractivity contribution in [3.8, 4) is 0 Å². The molecule has 0 heterocycles. The van der Waals surface area contributed by atoms with Crippen LogP contribution in [0.4, 0.5) is 0 Å². The van der Waals surface area contributed by atoms with E-state index in [-0.39, 0.29) is 19.4 Å². The van der Waals surface area contributed by atoms with Gasteiger partial charge in [-0.1, -0.05) is 120 Å². The molecule has 0 aliphatic rings. The number of phosphoric acid groups is 1. The van der Waals surface area contributed by atoms with Crippen LogP contribution >= 0.6 is 7.82 Å². The maximum atomic E-state index is 12.3. The second kappa shape index (κ2) is 33.6. The van der Waals surface area contributed by atoms with Gasteiger partial charge in [-0.2, -0.15) is 0 Å². The average molecular weight is 681 g/mol. The smallest absolute Gasteiger partial charge is 0.462 e. The molecule has 0 bridgehead atoms. The number of unbranched alkanes of at least 4 members (excludes halogenated alkanes) is 12. The van der Waals surface area contributed by atoms with Crippen LogP contribution in [0.1, 0.15) is 149 Å². The highest BCUT2D eigenvalue weighted by Crippen LogP contribution is 2.35. The molecule has 0 spiro atoms. The van der Waals surface area contributed by atoms with E-state index in [1.807, 2.05) is 0 Å². The first-order chi connectivity index (χ1) is 22.8. The average Bonchev–Trinajstić information content (AvgIpc) is 3.04. The van der Waals surface area contributed by atoms with Crippen molar-refractivity contribution in [2.45, 2.75) is 155 Å². The van der Waals surface area contributed by atoms with E-state index in [9.17, 15) is 14.2 Å². The molecule has 0 unspecified atom stereocenters. The standard InChI is InChI=1S/C38H65O8P/c1-3-5-7-9-11-13-15-17-18-19-20-21-23-25-27-29-31-33-38(40)46-36(35-45-47(41,42)43)34-44-37(39)32-30-28-26-24-22-16-14-12-10-8-6-4-2/h7,9,12-15,18-19,21,23,36H,3-6,8,10-11,16-17,20,22,24-35H2,1-2H3,(H2,41,42,43)/b9-7+,14-12+,15-13+,19-18+,23-21+/t36-/m1/s1. The molecule has 0 saturated heterocycles. The van der Waals surface area contributed by atoms with Gasteiger partial charge < -0.3 is 19.3 Å². The summed E-state index contributed by atoms with van der Waals surface area (Å²) >= 11 is 0. The normalized spacial score (nSPS) is 13.2.